The van der Waals surface area contributed by atoms with Crippen molar-refractivity contribution in [3.8, 4) is 0 Å². The topological polar surface area (TPSA) is 95.5 Å². The Balaban J connectivity index is 0.000000257. The van der Waals surface area contributed by atoms with Crippen molar-refractivity contribution < 1.29 is 38.3 Å². The lowest BCUT2D eigenvalue weighted by molar-refractivity contribution is -2.00. The maximum Gasteiger partial charge on any atom is 0.144 e. The van der Waals surface area contributed by atoms with E-state index in [1.165, 1.54) is 55.9 Å². The van der Waals surface area contributed by atoms with E-state index in [4.69, 9.17) is 13.7 Å². The first-order valence-electron chi connectivity index (χ1n) is 6.60. The third-order valence-electron chi connectivity index (χ3n) is 4.03. The van der Waals surface area contributed by atoms with Gasteiger partial charge in [0.25, 0.3) is 0 Å². The minimum Gasteiger partial charge on any atom is -0.317 e. The number of piperazine rings is 3. The largest absolute Gasteiger partial charge is 0.317 e. The van der Waals surface area contributed by atoms with Crippen LogP contribution in [0.1, 0.15) is 5.56 Å². The zero-order valence-electron chi connectivity index (χ0n) is 11.2. The van der Waals surface area contributed by atoms with Crippen LogP contribution in [0.25, 0.3) is 0 Å². The Bertz CT molecular complexity index is 396. The molecule has 2 bridgehead atoms. The highest BCUT2D eigenvalue weighted by Crippen LogP contribution is 2.22. The molecule has 3 fully saturated rings. The molecule has 0 aliphatic carbocycles. The maximum absolute atomic E-state index is 8.62. The number of rotatable bonds is 2. The van der Waals surface area contributed by atoms with Crippen molar-refractivity contribution in [3.63, 3.8) is 0 Å². The zero-order valence-corrected chi connectivity index (χ0v) is 13.4. The summed E-state index contributed by atoms with van der Waals surface area (Å²) in [5.41, 5.74) is 1.51. The van der Waals surface area contributed by atoms with E-state index in [-0.39, 0.29) is 0 Å². The van der Waals surface area contributed by atoms with E-state index in [0.717, 1.165) is 0 Å². The fourth-order valence-corrected chi connectivity index (χ4v) is 2.94. The molecule has 1 aromatic carbocycles. The van der Waals surface area contributed by atoms with E-state index in [9.17, 15) is 0 Å². The molecule has 0 spiro atoms. The van der Waals surface area contributed by atoms with Gasteiger partial charge in [0.15, 0.2) is 0 Å². The summed E-state index contributed by atoms with van der Waals surface area (Å²) in [5, 5.41) is 0. The van der Waals surface area contributed by atoms with Gasteiger partial charge in [0.1, 0.15) is 26.6 Å². The highest BCUT2D eigenvalue weighted by atomic mass is 127. The van der Waals surface area contributed by atoms with Crippen molar-refractivity contribution in [1.29, 1.82) is 0 Å². The summed E-state index contributed by atoms with van der Waals surface area (Å²) in [6.45, 7) is 9.25. The molecule has 0 N–H and O–H groups in total. The molecule has 3 aliphatic heterocycles. The lowest BCUT2D eigenvalue weighted by atomic mass is 10.1. The molecule has 6 nitrogen and oxygen atoms in total. The van der Waals surface area contributed by atoms with E-state index in [1.54, 1.807) is 0 Å². The van der Waals surface area contributed by atoms with Gasteiger partial charge in [-0.3, -0.25) is 18.6 Å². The third-order valence-corrected chi connectivity index (χ3v) is 4.03. The smallest absolute Gasteiger partial charge is 0.144 e. The summed E-state index contributed by atoms with van der Waals surface area (Å²) < 4.78 is 35.8. The molecule has 0 atom stereocenters. The van der Waals surface area contributed by atoms with Crippen LogP contribution in [0.15, 0.2) is 30.3 Å². The Kier molecular flexibility index (Phi) is 5.35. The minimum absolute atomic E-state index is 1.24. The number of hydrogen-bond donors (Lipinski definition) is 0. The Hall–Kier alpha value is -0.290. The summed E-state index contributed by atoms with van der Waals surface area (Å²) in [6, 6.07) is 11.0. The molecule has 0 saturated carbocycles. The van der Waals surface area contributed by atoms with Crippen LogP contribution >= 0.6 is 0 Å². The van der Waals surface area contributed by atoms with Crippen LogP contribution < -0.4 is 33.8 Å². The molecule has 7 heteroatoms. The second kappa shape index (κ2) is 6.65. The lowest BCUT2D eigenvalue weighted by Gasteiger charge is -2.50. The number of nitrogens with zero attached hydrogens (tertiary/aromatic N) is 2. The Morgan fingerprint density at radius 1 is 0.900 bits per heavy atom. The first-order chi connectivity index (χ1) is 9.36. The average molecular weight is 394 g/mol. The summed E-state index contributed by atoms with van der Waals surface area (Å²) in [7, 11) is 0. The molecule has 0 unspecified atom stereocenters. The van der Waals surface area contributed by atoms with Crippen LogP contribution in [0.4, 0.5) is 0 Å². The van der Waals surface area contributed by atoms with Gasteiger partial charge in [0.2, 0.25) is 0 Å². The van der Waals surface area contributed by atoms with E-state index in [2.05, 4.69) is 35.2 Å². The molecule has 20 heavy (non-hydrogen) atoms. The van der Waals surface area contributed by atoms with Gasteiger partial charge >= 0.3 is 0 Å². The predicted octanol–water partition coefficient (Wildman–Crippen LogP) is -6.42. The van der Waals surface area contributed by atoms with Gasteiger partial charge in [-0.1, -0.05) is 30.3 Å². The molecule has 112 valence electrons. The van der Waals surface area contributed by atoms with Crippen molar-refractivity contribution in [2.75, 3.05) is 39.3 Å². The van der Waals surface area contributed by atoms with Gasteiger partial charge < -0.3 is 4.48 Å². The molecular weight excluding hydrogens is 375 g/mol. The van der Waals surface area contributed by atoms with Gasteiger partial charge in [-0.15, -0.1) is 0 Å². The molecule has 3 heterocycles. The van der Waals surface area contributed by atoms with Crippen molar-refractivity contribution >= 4 is 0 Å². The van der Waals surface area contributed by atoms with Gasteiger partial charge in [-0.25, -0.2) is 0 Å². The predicted molar refractivity (Wildman–Crippen MR) is 61.4 cm³/mol. The van der Waals surface area contributed by atoms with E-state index in [0.29, 0.717) is 0 Å². The Morgan fingerprint density at radius 2 is 1.35 bits per heavy atom. The normalized spacial score (nSPS) is 28.7. The van der Waals surface area contributed by atoms with E-state index >= 15 is 0 Å². The molecule has 3 saturated heterocycles. The van der Waals surface area contributed by atoms with Crippen LogP contribution in [-0.2, 0) is 6.54 Å². The van der Waals surface area contributed by atoms with Gasteiger partial charge in [0.05, 0.1) is 19.6 Å². The van der Waals surface area contributed by atoms with Crippen molar-refractivity contribution in [1.82, 2.24) is 4.90 Å². The molecule has 0 aromatic heterocycles. The Morgan fingerprint density at radius 3 is 1.80 bits per heavy atom. The third kappa shape index (κ3) is 5.24. The quantitative estimate of drug-likeness (QED) is 0.367. The van der Waals surface area contributed by atoms with Crippen molar-refractivity contribution in [2.24, 2.45) is 0 Å². The fraction of sp³-hybridized carbons (Fsp3) is 0.538. The molecule has 0 amide bonds. The molecule has 1 aromatic rings. The molecule has 4 rings (SSSR count). The average Bonchev–Trinajstić information content (AvgIpc) is 2.39. The summed E-state index contributed by atoms with van der Waals surface area (Å²) in [4.78, 5) is 2.60. The lowest BCUT2D eigenvalue weighted by Crippen LogP contribution is -4.29. The van der Waals surface area contributed by atoms with Crippen LogP contribution in [-0.4, -0.2) is 48.7 Å². The van der Waals surface area contributed by atoms with Crippen LogP contribution in [0.2, 0.25) is 0 Å². The fourth-order valence-electron chi connectivity index (χ4n) is 2.94. The van der Waals surface area contributed by atoms with Gasteiger partial charge in [0, 0.05) is 25.2 Å². The van der Waals surface area contributed by atoms with Crippen LogP contribution in [0, 0.1) is 0 Å². The number of fused-ring (bicyclic) bond motifs is 3. The highest BCUT2D eigenvalue weighted by Gasteiger charge is 2.38. The maximum atomic E-state index is 8.62. The zero-order chi connectivity index (χ0) is 14.6. The number of quaternary nitrogens is 1. The van der Waals surface area contributed by atoms with E-state index in [1.807, 2.05) is 0 Å². The Labute approximate surface area is 125 Å². The summed E-state index contributed by atoms with van der Waals surface area (Å²) >= 11 is -5.94. The van der Waals surface area contributed by atoms with Gasteiger partial charge in [-0.05, 0) is 0 Å². The second-order valence-electron chi connectivity index (χ2n) is 5.38. The van der Waals surface area contributed by atoms with Crippen molar-refractivity contribution in [3.05, 3.63) is 35.9 Å². The summed E-state index contributed by atoms with van der Waals surface area (Å²) in [6.07, 6.45) is 0. The first kappa shape index (κ1) is 16.1. The molecular formula is C13H19IN2O4. The SMILES string of the molecule is [O-][I+3]([O-])([O-])[O-].c1ccc(C[N+]23CCN(CC2)CC3)cc1. The molecule has 3 aliphatic rings. The van der Waals surface area contributed by atoms with Crippen LogP contribution in [0.5, 0.6) is 0 Å². The highest BCUT2D eigenvalue weighted by molar-refractivity contribution is 5.13. The monoisotopic (exact) mass is 394 g/mol. The van der Waals surface area contributed by atoms with Gasteiger partial charge in [-0.2, -0.15) is 0 Å². The number of benzene rings is 1. The summed E-state index contributed by atoms with van der Waals surface area (Å²) in [5.74, 6) is 0. The molecule has 0 radical (unpaired) electrons. The first-order valence-corrected chi connectivity index (χ1v) is 10.1. The standard InChI is InChI=1S/C13H19N2.IO4/c1-2-4-13(5-3-1)12-15-9-6-14(7-10-15)8-11-15;2-1(3,4)5/h1-5H,6-12H2;/q+1;-1. The number of halogens is 1. The minimum atomic E-state index is -5.94. The van der Waals surface area contributed by atoms with E-state index < -0.39 is 20.1 Å². The second-order valence-corrected chi connectivity index (χ2v) is 7.53. The number of hydrogen-bond acceptors (Lipinski definition) is 5. The van der Waals surface area contributed by atoms with Crippen LogP contribution in [0.3, 0.4) is 0 Å². The van der Waals surface area contributed by atoms with Crippen molar-refractivity contribution in [2.45, 2.75) is 6.54 Å².